The highest BCUT2D eigenvalue weighted by Gasteiger charge is 2.27. The first kappa shape index (κ1) is 40.0. The summed E-state index contributed by atoms with van der Waals surface area (Å²) in [5.41, 5.74) is 14.4. The average molecular weight is 779 g/mol. The molecule has 1 atom stereocenters. The Balaban J connectivity index is 0.902. The predicted octanol–water partition coefficient (Wildman–Crippen LogP) is 6.96. The number of allylic oxidation sites excluding steroid dienone is 1. The van der Waals surface area contributed by atoms with Crippen LogP contribution in [0.5, 0.6) is 0 Å². The van der Waals surface area contributed by atoms with Gasteiger partial charge in [0.05, 0.1) is 41.6 Å². The zero-order valence-electron chi connectivity index (χ0n) is 33.7. The molecule has 7 rings (SSSR count). The van der Waals surface area contributed by atoms with E-state index in [-0.39, 0.29) is 17.9 Å². The summed E-state index contributed by atoms with van der Waals surface area (Å²) < 4.78 is 3.29. The number of nitrogens with one attached hydrogen (secondary N) is 2. The average Bonchev–Trinajstić information content (AvgIpc) is 3.92. The second-order valence-electron chi connectivity index (χ2n) is 15.6. The fourth-order valence-electron chi connectivity index (χ4n) is 8.50. The maximum atomic E-state index is 9.36. The van der Waals surface area contributed by atoms with Crippen LogP contribution in [0.25, 0.3) is 22.5 Å². The molecule has 0 radical (unpaired) electrons. The van der Waals surface area contributed by atoms with E-state index in [2.05, 4.69) is 103 Å². The number of benzene rings is 1. The number of piperazine rings is 1. The molecule has 4 N–H and O–H groups in total. The molecule has 5 heterocycles. The monoisotopic (exact) mass is 778 g/mol. The van der Waals surface area contributed by atoms with Gasteiger partial charge in [-0.1, -0.05) is 38.3 Å². The summed E-state index contributed by atoms with van der Waals surface area (Å²) in [5.74, 6) is 2.18. The Hall–Kier alpha value is -6.25. The maximum Gasteiger partial charge on any atom is 0.167 e. The highest BCUT2D eigenvalue weighted by molar-refractivity contribution is 5.80. The van der Waals surface area contributed by atoms with Crippen molar-refractivity contribution in [1.82, 2.24) is 45.0 Å². The van der Waals surface area contributed by atoms with Crippen LogP contribution in [0.15, 0.2) is 74.0 Å². The minimum Gasteiger partial charge on any atom is -0.383 e. The smallest absolute Gasteiger partial charge is 0.167 e. The molecule has 1 aliphatic carbocycles. The second-order valence-corrected chi connectivity index (χ2v) is 15.6. The maximum absolute atomic E-state index is 9.36. The molecule has 300 valence electrons. The van der Waals surface area contributed by atoms with Crippen LogP contribution in [0.3, 0.4) is 0 Å². The van der Waals surface area contributed by atoms with Gasteiger partial charge in [0, 0.05) is 54.9 Å². The van der Waals surface area contributed by atoms with Gasteiger partial charge in [0.15, 0.2) is 11.5 Å². The Morgan fingerprint density at radius 1 is 1.09 bits per heavy atom. The SMILES string of the molecule is C=CNC(=C)CCC(C)c1ccc(N2CCN(CCC3CCC(c4cn(-c5cnc(-n6ncc7cc(C#N)c(N)nc76)cc5NCC#N)nn4)CC3)CC2)cc1CC. The Labute approximate surface area is 341 Å². The molecule has 2 fully saturated rings. The number of nitrogens with two attached hydrogens (primary N) is 1. The Bertz CT molecular complexity index is 2310. The molecule has 2 aliphatic rings. The number of rotatable bonds is 16. The van der Waals surface area contributed by atoms with Crippen molar-refractivity contribution in [1.29, 1.82) is 10.5 Å². The lowest BCUT2D eigenvalue weighted by atomic mass is 9.79. The van der Waals surface area contributed by atoms with Crippen LogP contribution in [0.4, 0.5) is 17.2 Å². The van der Waals surface area contributed by atoms with E-state index in [0.29, 0.717) is 40.1 Å². The lowest BCUT2D eigenvalue weighted by molar-refractivity contribution is 0.216. The van der Waals surface area contributed by atoms with Gasteiger partial charge >= 0.3 is 0 Å². The molecule has 0 spiro atoms. The Morgan fingerprint density at radius 2 is 1.90 bits per heavy atom. The van der Waals surface area contributed by atoms with Gasteiger partial charge in [-0.05, 0) is 105 Å². The minimum atomic E-state index is 0.0919. The highest BCUT2D eigenvalue weighted by Crippen LogP contribution is 2.37. The minimum absolute atomic E-state index is 0.0919. The summed E-state index contributed by atoms with van der Waals surface area (Å²) >= 11 is 0. The van der Waals surface area contributed by atoms with Gasteiger partial charge in [-0.15, -0.1) is 5.10 Å². The number of hydrogen-bond donors (Lipinski definition) is 3. The Morgan fingerprint density at radius 3 is 2.64 bits per heavy atom. The van der Waals surface area contributed by atoms with E-state index < -0.39 is 0 Å². The molecule has 14 nitrogen and oxygen atoms in total. The van der Waals surface area contributed by atoms with Crippen LogP contribution in [-0.4, -0.2) is 78.9 Å². The van der Waals surface area contributed by atoms with Crippen molar-refractivity contribution in [2.75, 3.05) is 55.2 Å². The number of nitriles is 2. The normalized spacial score (nSPS) is 17.7. The molecule has 14 heteroatoms. The number of fused-ring (bicyclic) bond motifs is 1. The summed E-state index contributed by atoms with van der Waals surface area (Å²) in [6.07, 6.45) is 15.9. The first-order valence-electron chi connectivity index (χ1n) is 20.5. The number of anilines is 3. The van der Waals surface area contributed by atoms with Crippen molar-refractivity contribution in [3.05, 3.63) is 96.4 Å². The third-order valence-corrected chi connectivity index (χ3v) is 12.0. The molecule has 0 amide bonds. The molecule has 1 aliphatic heterocycles. The zero-order valence-corrected chi connectivity index (χ0v) is 33.7. The van der Waals surface area contributed by atoms with Gasteiger partial charge in [0.2, 0.25) is 0 Å². The van der Waals surface area contributed by atoms with Crippen molar-refractivity contribution in [2.24, 2.45) is 5.92 Å². The van der Waals surface area contributed by atoms with E-state index >= 15 is 0 Å². The van der Waals surface area contributed by atoms with Crippen LogP contribution in [0, 0.1) is 28.6 Å². The standard InChI is InChI=1S/C44H54N14/c1-5-33-24-37(13-14-38(33)30(3)7-8-31(4)48-6-2)56-21-19-55(20-22-56)18-15-32-9-11-34(12-10-32)40-29-57(54-53-40)41-28-50-42(25-39(41)49-17-16-45)58-44-36(27-51-58)23-35(26-46)43(47)52-44/h6,13-14,23-25,27-30,32,34,48H,2,4-5,7-12,15,17-22H2,1,3H3,(H2,47,52)(H,49,50). The van der Waals surface area contributed by atoms with Crippen LogP contribution in [0.1, 0.15) is 93.0 Å². The van der Waals surface area contributed by atoms with Crippen LogP contribution < -0.4 is 21.3 Å². The molecule has 0 bridgehead atoms. The quantitative estimate of drug-likeness (QED) is 0.0879. The van der Waals surface area contributed by atoms with Crippen molar-refractivity contribution in [3.8, 4) is 23.6 Å². The molecular weight excluding hydrogens is 725 g/mol. The van der Waals surface area contributed by atoms with Crippen molar-refractivity contribution >= 4 is 28.2 Å². The van der Waals surface area contributed by atoms with E-state index in [1.165, 1.54) is 36.1 Å². The molecule has 58 heavy (non-hydrogen) atoms. The summed E-state index contributed by atoms with van der Waals surface area (Å²) in [4.78, 5) is 14.3. The topological polar surface area (TPSA) is 178 Å². The molecule has 1 saturated heterocycles. The number of aromatic nitrogens is 7. The first-order chi connectivity index (χ1) is 28.3. The number of hydrogen-bond acceptors (Lipinski definition) is 12. The van der Waals surface area contributed by atoms with E-state index in [4.69, 9.17) is 5.73 Å². The van der Waals surface area contributed by atoms with Crippen LogP contribution in [0.2, 0.25) is 0 Å². The van der Waals surface area contributed by atoms with Crippen molar-refractivity contribution < 1.29 is 0 Å². The number of pyridine rings is 2. The number of nitrogen functional groups attached to an aromatic ring is 1. The van der Waals surface area contributed by atoms with E-state index in [1.54, 1.807) is 40.1 Å². The summed E-state index contributed by atoms with van der Waals surface area (Å²) in [6.45, 7) is 18.0. The summed E-state index contributed by atoms with van der Waals surface area (Å²) in [7, 11) is 0. The first-order valence-corrected chi connectivity index (χ1v) is 20.5. The van der Waals surface area contributed by atoms with Crippen LogP contribution in [-0.2, 0) is 6.42 Å². The predicted molar refractivity (Wildman–Crippen MR) is 229 cm³/mol. The summed E-state index contributed by atoms with van der Waals surface area (Å²) in [5, 5.41) is 39.2. The molecule has 1 saturated carbocycles. The molecule has 5 aromatic rings. The van der Waals surface area contributed by atoms with Gasteiger partial charge in [-0.2, -0.15) is 20.3 Å². The summed E-state index contributed by atoms with van der Waals surface area (Å²) in [6, 6.07) is 14.8. The van der Waals surface area contributed by atoms with E-state index in [0.717, 1.165) is 82.1 Å². The lowest BCUT2D eigenvalue weighted by Gasteiger charge is -2.37. The number of aryl methyl sites for hydroxylation is 1. The second kappa shape index (κ2) is 18.3. The van der Waals surface area contributed by atoms with Crippen molar-refractivity contribution in [2.45, 2.75) is 77.0 Å². The van der Waals surface area contributed by atoms with Crippen LogP contribution >= 0.6 is 0 Å². The van der Waals surface area contributed by atoms with Gasteiger partial charge < -0.3 is 21.3 Å². The van der Waals surface area contributed by atoms with Gasteiger partial charge in [0.1, 0.15) is 24.1 Å². The molecule has 1 unspecified atom stereocenters. The molecular formula is C44H54N14. The van der Waals surface area contributed by atoms with Crippen molar-refractivity contribution in [3.63, 3.8) is 0 Å². The molecule has 4 aromatic heterocycles. The lowest BCUT2D eigenvalue weighted by Crippen LogP contribution is -2.47. The number of nitrogens with zero attached hydrogens (tertiary/aromatic N) is 11. The highest BCUT2D eigenvalue weighted by atomic mass is 15.4. The Kier molecular flexibility index (Phi) is 12.6. The van der Waals surface area contributed by atoms with E-state index in [1.807, 2.05) is 6.20 Å². The van der Waals surface area contributed by atoms with Gasteiger partial charge in [-0.3, -0.25) is 4.90 Å². The largest absolute Gasteiger partial charge is 0.383 e. The van der Waals surface area contributed by atoms with E-state index in [9.17, 15) is 10.5 Å². The molecule has 1 aromatic carbocycles. The fourth-order valence-corrected chi connectivity index (χ4v) is 8.50. The third kappa shape index (κ3) is 8.98. The third-order valence-electron chi connectivity index (χ3n) is 12.0. The fraction of sp³-hybridized carbons (Fsp3) is 0.432. The zero-order chi connectivity index (χ0) is 40.6. The van der Waals surface area contributed by atoms with Gasteiger partial charge in [0.25, 0.3) is 0 Å². The van der Waals surface area contributed by atoms with Gasteiger partial charge in [-0.25, -0.2) is 14.6 Å².